The SMILES string of the molecule is Cl.c1ccc(COc2ccc3ccccc3n2)cc1. The second kappa shape index (κ2) is 6.21. The molecule has 0 spiro atoms. The maximum atomic E-state index is 5.69. The largest absolute Gasteiger partial charge is 0.473 e. The second-order valence-electron chi connectivity index (χ2n) is 4.12. The standard InChI is InChI=1S/C16H13NO.ClH/c1-2-6-13(7-3-1)12-18-16-11-10-14-8-4-5-9-15(14)17-16;/h1-11H,12H2;1H. The van der Waals surface area contributed by atoms with Crippen molar-refractivity contribution in [3.05, 3.63) is 72.3 Å². The molecule has 2 aromatic carbocycles. The van der Waals surface area contributed by atoms with E-state index in [4.69, 9.17) is 4.74 Å². The minimum absolute atomic E-state index is 0. The van der Waals surface area contributed by atoms with Crippen molar-refractivity contribution in [2.45, 2.75) is 6.61 Å². The quantitative estimate of drug-likeness (QED) is 0.711. The highest BCUT2D eigenvalue weighted by Crippen LogP contribution is 2.16. The Morgan fingerprint density at radius 2 is 1.53 bits per heavy atom. The fourth-order valence-corrected chi connectivity index (χ4v) is 1.86. The van der Waals surface area contributed by atoms with Crippen molar-refractivity contribution >= 4 is 23.3 Å². The first-order valence-electron chi connectivity index (χ1n) is 5.94. The highest BCUT2D eigenvalue weighted by molar-refractivity contribution is 5.85. The molecule has 19 heavy (non-hydrogen) atoms. The van der Waals surface area contributed by atoms with Crippen LogP contribution in [0.25, 0.3) is 10.9 Å². The average molecular weight is 272 g/mol. The molecule has 96 valence electrons. The van der Waals surface area contributed by atoms with E-state index in [2.05, 4.69) is 4.98 Å². The fraction of sp³-hybridized carbons (Fsp3) is 0.0625. The molecule has 0 atom stereocenters. The van der Waals surface area contributed by atoms with Crippen LogP contribution in [0.2, 0.25) is 0 Å². The van der Waals surface area contributed by atoms with Crippen molar-refractivity contribution in [3.8, 4) is 5.88 Å². The third-order valence-electron chi connectivity index (χ3n) is 2.80. The monoisotopic (exact) mass is 271 g/mol. The molecular formula is C16H14ClNO. The van der Waals surface area contributed by atoms with E-state index in [-0.39, 0.29) is 12.4 Å². The minimum atomic E-state index is 0. The Bertz CT molecular complexity index is 655. The van der Waals surface area contributed by atoms with E-state index in [1.54, 1.807) is 0 Å². The summed E-state index contributed by atoms with van der Waals surface area (Å²) in [5.41, 5.74) is 2.11. The number of halogens is 1. The number of nitrogens with zero attached hydrogens (tertiary/aromatic N) is 1. The van der Waals surface area contributed by atoms with Gasteiger partial charge in [-0.25, -0.2) is 4.98 Å². The van der Waals surface area contributed by atoms with Crippen LogP contribution >= 0.6 is 12.4 Å². The summed E-state index contributed by atoms with van der Waals surface area (Å²) in [6.07, 6.45) is 0. The Morgan fingerprint density at radius 3 is 2.37 bits per heavy atom. The molecule has 0 bridgehead atoms. The lowest BCUT2D eigenvalue weighted by Gasteiger charge is -2.06. The first-order chi connectivity index (χ1) is 8.92. The molecular weight excluding hydrogens is 258 g/mol. The van der Waals surface area contributed by atoms with E-state index >= 15 is 0 Å². The van der Waals surface area contributed by atoms with Gasteiger partial charge < -0.3 is 4.74 Å². The van der Waals surface area contributed by atoms with E-state index in [1.807, 2.05) is 66.7 Å². The van der Waals surface area contributed by atoms with Crippen molar-refractivity contribution < 1.29 is 4.74 Å². The smallest absolute Gasteiger partial charge is 0.214 e. The zero-order valence-electron chi connectivity index (χ0n) is 10.3. The van der Waals surface area contributed by atoms with Crippen molar-refractivity contribution in [3.63, 3.8) is 0 Å². The molecule has 3 rings (SSSR count). The molecule has 1 heterocycles. The number of benzene rings is 2. The first-order valence-corrected chi connectivity index (χ1v) is 5.94. The summed E-state index contributed by atoms with van der Waals surface area (Å²) < 4.78 is 5.69. The van der Waals surface area contributed by atoms with Gasteiger partial charge in [0.15, 0.2) is 0 Å². The van der Waals surface area contributed by atoms with Gasteiger partial charge in [0.1, 0.15) is 6.61 Å². The molecule has 3 heteroatoms. The van der Waals surface area contributed by atoms with Gasteiger partial charge >= 0.3 is 0 Å². The third-order valence-corrected chi connectivity index (χ3v) is 2.80. The number of ether oxygens (including phenoxy) is 1. The van der Waals surface area contributed by atoms with Gasteiger partial charge in [-0.3, -0.25) is 0 Å². The molecule has 0 N–H and O–H groups in total. The van der Waals surface area contributed by atoms with E-state index in [9.17, 15) is 0 Å². The van der Waals surface area contributed by atoms with Crippen LogP contribution in [-0.4, -0.2) is 4.98 Å². The van der Waals surface area contributed by atoms with Crippen molar-refractivity contribution in [1.82, 2.24) is 4.98 Å². The lowest BCUT2D eigenvalue weighted by Crippen LogP contribution is -1.96. The number of hydrogen-bond acceptors (Lipinski definition) is 2. The van der Waals surface area contributed by atoms with Crippen molar-refractivity contribution in [1.29, 1.82) is 0 Å². The summed E-state index contributed by atoms with van der Waals surface area (Å²) in [6, 6.07) is 22.1. The van der Waals surface area contributed by atoms with Gasteiger partial charge in [0.25, 0.3) is 0 Å². The molecule has 0 amide bonds. The van der Waals surface area contributed by atoms with Crippen molar-refractivity contribution in [2.75, 3.05) is 0 Å². The Balaban J connectivity index is 0.00000133. The lowest BCUT2D eigenvalue weighted by atomic mass is 10.2. The predicted octanol–water partition coefficient (Wildman–Crippen LogP) is 4.24. The van der Waals surface area contributed by atoms with Crippen LogP contribution in [0.3, 0.4) is 0 Å². The third kappa shape index (κ3) is 3.24. The number of para-hydroxylation sites is 1. The number of aromatic nitrogens is 1. The van der Waals surface area contributed by atoms with Gasteiger partial charge in [-0.1, -0.05) is 48.5 Å². The maximum absolute atomic E-state index is 5.69. The molecule has 0 saturated carbocycles. The Kier molecular flexibility index (Phi) is 4.37. The summed E-state index contributed by atoms with van der Waals surface area (Å²) in [6.45, 7) is 0.548. The number of pyridine rings is 1. The Labute approximate surface area is 118 Å². The molecule has 3 aromatic rings. The van der Waals surface area contributed by atoms with Gasteiger partial charge in [-0.05, 0) is 17.7 Å². The van der Waals surface area contributed by atoms with Gasteiger partial charge in [0, 0.05) is 11.5 Å². The normalized spacial score (nSPS) is 9.89. The molecule has 0 aliphatic rings. The Hall–Kier alpha value is -2.06. The predicted molar refractivity (Wildman–Crippen MR) is 79.8 cm³/mol. The highest BCUT2D eigenvalue weighted by atomic mass is 35.5. The van der Waals surface area contributed by atoms with Crippen molar-refractivity contribution in [2.24, 2.45) is 0 Å². The molecule has 0 aliphatic heterocycles. The van der Waals surface area contributed by atoms with Gasteiger partial charge in [0.05, 0.1) is 5.52 Å². The van der Waals surface area contributed by atoms with Crippen LogP contribution in [0.15, 0.2) is 66.7 Å². The van der Waals surface area contributed by atoms with Crippen LogP contribution in [-0.2, 0) is 6.61 Å². The fourth-order valence-electron chi connectivity index (χ4n) is 1.86. The molecule has 0 unspecified atom stereocenters. The number of fused-ring (bicyclic) bond motifs is 1. The highest BCUT2D eigenvalue weighted by Gasteiger charge is 1.99. The zero-order chi connectivity index (χ0) is 12.2. The van der Waals surface area contributed by atoms with Gasteiger partial charge in [-0.2, -0.15) is 0 Å². The summed E-state index contributed by atoms with van der Waals surface area (Å²) in [7, 11) is 0. The lowest BCUT2D eigenvalue weighted by molar-refractivity contribution is 0.295. The second-order valence-corrected chi connectivity index (χ2v) is 4.12. The van der Waals surface area contributed by atoms with E-state index < -0.39 is 0 Å². The van der Waals surface area contributed by atoms with Crippen LogP contribution in [0.4, 0.5) is 0 Å². The molecule has 0 saturated heterocycles. The summed E-state index contributed by atoms with van der Waals surface area (Å²) >= 11 is 0. The topological polar surface area (TPSA) is 22.1 Å². The number of rotatable bonds is 3. The van der Waals surface area contributed by atoms with Gasteiger partial charge in [-0.15, -0.1) is 12.4 Å². The van der Waals surface area contributed by atoms with Crippen LogP contribution < -0.4 is 4.74 Å². The van der Waals surface area contributed by atoms with Crippen LogP contribution in [0.5, 0.6) is 5.88 Å². The molecule has 1 aromatic heterocycles. The zero-order valence-corrected chi connectivity index (χ0v) is 11.1. The van der Waals surface area contributed by atoms with Gasteiger partial charge in [0.2, 0.25) is 5.88 Å². The summed E-state index contributed by atoms with van der Waals surface area (Å²) in [4.78, 5) is 4.47. The van der Waals surface area contributed by atoms with Crippen LogP contribution in [0.1, 0.15) is 5.56 Å². The number of hydrogen-bond donors (Lipinski definition) is 0. The van der Waals surface area contributed by atoms with E-state index in [0.717, 1.165) is 16.5 Å². The molecule has 2 nitrogen and oxygen atoms in total. The molecule has 0 radical (unpaired) electrons. The minimum Gasteiger partial charge on any atom is -0.473 e. The van der Waals surface area contributed by atoms with E-state index in [0.29, 0.717) is 12.5 Å². The van der Waals surface area contributed by atoms with Crippen LogP contribution in [0, 0.1) is 0 Å². The summed E-state index contributed by atoms with van der Waals surface area (Å²) in [5.74, 6) is 0.664. The van der Waals surface area contributed by atoms with E-state index in [1.165, 1.54) is 0 Å². The molecule has 0 fully saturated rings. The average Bonchev–Trinajstić information content (AvgIpc) is 2.46. The summed E-state index contributed by atoms with van der Waals surface area (Å²) in [5, 5.41) is 1.13. The Morgan fingerprint density at radius 1 is 0.789 bits per heavy atom. The molecule has 0 aliphatic carbocycles. The first kappa shape index (κ1) is 13.4. The maximum Gasteiger partial charge on any atom is 0.214 e.